The molecule has 8 heteroatoms. The van der Waals surface area contributed by atoms with Crippen molar-refractivity contribution >= 4 is 38.0 Å². The first-order valence-corrected chi connectivity index (χ1v) is 9.07. The molecular weight excluding hydrogens is 356 g/mol. The zero-order chi connectivity index (χ0) is 18.9. The second-order valence-corrected chi connectivity index (χ2v) is 7.37. The van der Waals surface area contributed by atoms with Gasteiger partial charge in [-0.1, -0.05) is 18.2 Å². The van der Waals surface area contributed by atoms with Crippen LogP contribution in [0, 0.1) is 10.1 Å². The number of nitrogens with zero attached hydrogens (tertiary/aromatic N) is 1. The summed E-state index contributed by atoms with van der Waals surface area (Å²) in [6.07, 6.45) is 0. The Morgan fingerprint density at radius 3 is 2.19 bits per heavy atom. The van der Waals surface area contributed by atoms with Crippen LogP contribution in [0.3, 0.4) is 0 Å². The maximum atomic E-state index is 12.4. The van der Waals surface area contributed by atoms with Gasteiger partial charge in [0.05, 0.1) is 9.82 Å². The summed E-state index contributed by atoms with van der Waals surface area (Å²) in [6, 6.07) is 14.8. The molecule has 1 N–H and O–H groups in total. The van der Waals surface area contributed by atoms with Crippen LogP contribution < -0.4 is 4.72 Å². The number of carbonyl (C=O) groups is 1. The van der Waals surface area contributed by atoms with Crippen LogP contribution in [0.5, 0.6) is 0 Å². The molecule has 0 fully saturated rings. The van der Waals surface area contributed by atoms with Gasteiger partial charge in [0.15, 0.2) is 5.78 Å². The van der Waals surface area contributed by atoms with Crippen molar-refractivity contribution < 1.29 is 18.1 Å². The lowest BCUT2D eigenvalue weighted by Crippen LogP contribution is -2.12. The van der Waals surface area contributed by atoms with Gasteiger partial charge in [-0.05, 0) is 48.0 Å². The van der Waals surface area contributed by atoms with E-state index >= 15 is 0 Å². The Hall–Kier alpha value is -3.26. The van der Waals surface area contributed by atoms with Crippen molar-refractivity contribution in [1.29, 1.82) is 0 Å². The van der Waals surface area contributed by atoms with Crippen LogP contribution in [0.1, 0.15) is 17.3 Å². The molecule has 7 nitrogen and oxygen atoms in total. The average Bonchev–Trinajstić information content (AvgIpc) is 2.61. The maximum absolute atomic E-state index is 12.4. The number of nitro benzene ring substituents is 1. The summed E-state index contributed by atoms with van der Waals surface area (Å²) in [5.74, 6) is -0.0464. The summed E-state index contributed by atoms with van der Waals surface area (Å²) >= 11 is 0. The Kier molecular flexibility index (Phi) is 4.43. The SMILES string of the molecule is CC(=O)c1ccc2cc(NS(=O)(=O)c3ccc([N+](=O)[O-])cc3)ccc2c1. The summed E-state index contributed by atoms with van der Waals surface area (Å²) in [5.41, 5.74) is 0.749. The third-order valence-electron chi connectivity index (χ3n) is 3.86. The topological polar surface area (TPSA) is 106 Å². The minimum Gasteiger partial charge on any atom is -0.295 e. The first-order chi connectivity index (χ1) is 12.3. The minimum absolute atomic E-state index is 0.0464. The molecule has 0 aromatic heterocycles. The third-order valence-corrected chi connectivity index (χ3v) is 5.25. The van der Waals surface area contributed by atoms with E-state index < -0.39 is 14.9 Å². The highest BCUT2D eigenvalue weighted by Gasteiger charge is 2.16. The second kappa shape index (κ2) is 6.57. The van der Waals surface area contributed by atoms with E-state index in [2.05, 4.69) is 4.72 Å². The van der Waals surface area contributed by atoms with Gasteiger partial charge in [-0.15, -0.1) is 0 Å². The summed E-state index contributed by atoms with van der Waals surface area (Å²) in [5, 5.41) is 12.3. The summed E-state index contributed by atoms with van der Waals surface area (Å²) in [7, 11) is -3.87. The fourth-order valence-electron chi connectivity index (χ4n) is 2.49. The van der Waals surface area contributed by atoms with Crippen LogP contribution in [0.15, 0.2) is 65.6 Å². The zero-order valence-electron chi connectivity index (χ0n) is 13.7. The van der Waals surface area contributed by atoms with E-state index in [4.69, 9.17) is 0 Å². The van der Waals surface area contributed by atoms with E-state index in [1.54, 1.807) is 36.4 Å². The standard InChI is InChI=1S/C18H14N2O5S/c1-12(21)13-2-3-15-11-16(5-4-14(15)10-13)19-26(24,25)18-8-6-17(7-9-18)20(22)23/h2-11,19H,1H3. The molecule has 0 aliphatic heterocycles. The molecule has 0 radical (unpaired) electrons. The molecular formula is C18H14N2O5S. The molecule has 0 aliphatic carbocycles. The van der Waals surface area contributed by atoms with E-state index in [-0.39, 0.29) is 16.4 Å². The number of rotatable bonds is 5. The van der Waals surface area contributed by atoms with Crippen molar-refractivity contribution in [2.45, 2.75) is 11.8 Å². The molecule has 26 heavy (non-hydrogen) atoms. The fourth-order valence-corrected chi connectivity index (χ4v) is 3.54. The van der Waals surface area contributed by atoms with Crippen molar-refractivity contribution in [3.05, 3.63) is 76.3 Å². The summed E-state index contributed by atoms with van der Waals surface area (Å²) < 4.78 is 27.3. The molecule has 0 aliphatic rings. The number of non-ortho nitro benzene ring substituents is 1. The number of carbonyl (C=O) groups excluding carboxylic acids is 1. The Morgan fingerprint density at radius 2 is 1.58 bits per heavy atom. The number of sulfonamides is 1. The van der Waals surface area contributed by atoms with Gasteiger partial charge < -0.3 is 0 Å². The van der Waals surface area contributed by atoms with Gasteiger partial charge in [-0.25, -0.2) is 8.42 Å². The molecule has 132 valence electrons. The van der Waals surface area contributed by atoms with Gasteiger partial charge in [0.2, 0.25) is 0 Å². The number of nitro groups is 1. The number of nitrogens with one attached hydrogen (secondary N) is 1. The predicted octanol–water partition coefficient (Wildman–Crippen LogP) is 3.75. The molecule has 0 spiro atoms. The Bertz CT molecular complexity index is 1120. The van der Waals surface area contributed by atoms with Crippen LogP contribution in [0.25, 0.3) is 10.8 Å². The van der Waals surface area contributed by atoms with Gasteiger partial charge in [0.25, 0.3) is 15.7 Å². The van der Waals surface area contributed by atoms with E-state index in [1.807, 2.05) is 0 Å². The van der Waals surface area contributed by atoms with Gasteiger partial charge in [0, 0.05) is 23.4 Å². The second-order valence-electron chi connectivity index (χ2n) is 5.69. The maximum Gasteiger partial charge on any atom is 0.269 e. The van der Waals surface area contributed by atoms with E-state index in [0.717, 1.165) is 22.9 Å². The van der Waals surface area contributed by atoms with Crippen molar-refractivity contribution in [2.75, 3.05) is 4.72 Å². The fraction of sp³-hybridized carbons (Fsp3) is 0.0556. The molecule has 0 bridgehead atoms. The predicted molar refractivity (Wildman–Crippen MR) is 97.9 cm³/mol. The van der Waals surface area contributed by atoms with Gasteiger partial charge in [-0.2, -0.15) is 0 Å². The molecule has 0 saturated heterocycles. The Morgan fingerprint density at radius 1 is 0.962 bits per heavy atom. The number of hydrogen-bond donors (Lipinski definition) is 1. The molecule has 0 heterocycles. The molecule has 3 aromatic rings. The lowest BCUT2D eigenvalue weighted by Gasteiger charge is -2.09. The Labute approximate surface area is 149 Å². The van der Waals surface area contributed by atoms with Crippen LogP contribution in [0.2, 0.25) is 0 Å². The molecule has 3 aromatic carbocycles. The van der Waals surface area contributed by atoms with Gasteiger partial charge in [0.1, 0.15) is 0 Å². The number of ketones is 1. The van der Waals surface area contributed by atoms with Crippen molar-refractivity contribution in [3.63, 3.8) is 0 Å². The van der Waals surface area contributed by atoms with E-state index in [1.165, 1.54) is 19.1 Å². The highest BCUT2D eigenvalue weighted by molar-refractivity contribution is 7.92. The highest BCUT2D eigenvalue weighted by atomic mass is 32.2. The first-order valence-electron chi connectivity index (χ1n) is 7.58. The van der Waals surface area contributed by atoms with Crippen molar-refractivity contribution in [1.82, 2.24) is 0 Å². The minimum atomic E-state index is -3.87. The number of anilines is 1. The zero-order valence-corrected chi connectivity index (χ0v) is 14.5. The van der Waals surface area contributed by atoms with E-state index in [0.29, 0.717) is 11.3 Å². The monoisotopic (exact) mass is 370 g/mol. The van der Waals surface area contributed by atoms with Crippen molar-refractivity contribution in [2.24, 2.45) is 0 Å². The quantitative estimate of drug-likeness (QED) is 0.418. The molecule has 0 unspecified atom stereocenters. The van der Waals surface area contributed by atoms with Crippen LogP contribution >= 0.6 is 0 Å². The lowest BCUT2D eigenvalue weighted by atomic mass is 10.0. The largest absolute Gasteiger partial charge is 0.295 e. The Balaban J connectivity index is 1.90. The average molecular weight is 370 g/mol. The normalized spacial score (nSPS) is 11.3. The molecule has 0 saturated carbocycles. The third kappa shape index (κ3) is 3.55. The van der Waals surface area contributed by atoms with Gasteiger partial charge in [-0.3, -0.25) is 19.6 Å². The molecule has 3 rings (SSSR count). The highest BCUT2D eigenvalue weighted by Crippen LogP contribution is 2.24. The number of hydrogen-bond acceptors (Lipinski definition) is 5. The smallest absolute Gasteiger partial charge is 0.269 e. The molecule has 0 atom stereocenters. The van der Waals surface area contributed by atoms with Crippen molar-refractivity contribution in [3.8, 4) is 0 Å². The van der Waals surface area contributed by atoms with Crippen LogP contribution in [0.4, 0.5) is 11.4 Å². The summed E-state index contributed by atoms with van der Waals surface area (Å²) in [4.78, 5) is 21.4. The van der Waals surface area contributed by atoms with Crippen LogP contribution in [-0.4, -0.2) is 19.1 Å². The number of benzene rings is 3. The van der Waals surface area contributed by atoms with E-state index in [9.17, 15) is 23.3 Å². The number of fused-ring (bicyclic) bond motifs is 1. The molecule has 0 amide bonds. The number of Topliss-reactive ketones (excluding diaryl/α,β-unsaturated/α-hetero) is 1. The van der Waals surface area contributed by atoms with Gasteiger partial charge >= 0.3 is 0 Å². The lowest BCUT2D eigenvalue weighted by molar-refractivity contribution is -0.384. The van der Waals surface area contributed by atoms with Crippen LogP contribution in [-0.2, 0) is 10.0 Å². The summed E-state index contributed by atoms with van der Waals surface area (Å²) in [6.45, 7) is 1.48. The first kappa shape index (κ1) is 17.6.